The first-order chi connectivity index (χ1) is 13.7. The number of ether oxygens (including phenoxy) is 1. The van der Waals surface area contributed by atoms with Crippen LogP contribution >= 0.6 is 0 Å². The molecule has 0 spiro atoms. The summed E-state index contributed by atoms with van der Waals surface area (Å²) in [5.41, 5.74) is -5.25. The summed E-state index contributed by atoms with van der Waals surface area (Å²) in [5.74, 6) is 1.18. The highest BCUT2D eigenvalue weighted by atomic mass is 32.2. The molecule has 1 aliphatic carbocycles. The van der Waals surface area contributed by atoms with Crippen LogP contribution in [0.25, 0.3) is 0 Å². The van der Waals surface area contributed by atoms with E-state index in [-0.39, 0.29) is 25.2 Å². The fourth-order valence-electron chi connectivity index (χ4n) is 4.11. The predicted octanol–water partition coefficient (Wildman–Crippen LogP) is 2.45. The molecule has 0 aromatic heterocycles. The highest BCUT2D eigenvalue weighted by molar-refractivity contribution is 7.90. The van der Waals surface area contributed by atoms with E-state index in [0.29, 0.717) is 42.2 Å². The zero-order valence-electron chi connectivity index (χ0n) is 17.2. The quantitative estimate of drug-likeness (QED) is 0.446. The summed E-state index contributed by atoms with van der Waals surface area (Å²) >= 11 is 0. The molecule has 0 amide bonds. The van der Waals surface area contributed by atoms with Crippen molar-refractivity contribution in [2.45, 2.75) is 69.5 Å². The van der Waals surface area contributed by atoms with Crippen molar-refractivity contribution in [3.63, 3.8) is 0 Å². The molecule has 1 atom stereocenters. The molecule has 1 unspecified atom stereocenters. The first-order valence-corrected chi connectivity index (χ1v) is 11.8. The molecule has 2 N–H and O–H groups in total. The number of hydrogen-bond donors (Lipinski definition) is 2. The summed E-state index contributed by atoms with van der Waals surface area (Å²) < 4.78 is 67.4. The molecule has 2 fully saturated rings. The Morgan fingerprint density at radius 3 is 2.34 bits per heavy atom. The number of nitrogens with zero attached hydrogens (tertiary/aromatic N) is 2. The molecule has 2 aliphatic rings. The minimum Gasteiger partial charge on any atom is -0.378 e. The third-order valence-corrected chi connectivity index (χ3v) is 7.31. The third-order valence-electron chi connectivity index (χ3n) is 5.68. The van der Waals surface area contributed by atoms with E-state index in [2.05, 4.69) is 15.6 Å². The normalized spacial score (nSPS) is 22.0. The number of piperidine rings is 1. The number of sulfonamides is 1. The van der Waals surface area contributed by atoms with Gasteiger partial charge in [-0.25, -0.2) is 8.42 Å². The van der Waals surface area contributed by atoms with E-state index in [1.807, 2.05) is 6.92 Å². The zero-order chi connectivity index (χ0) is 21.5. The second-order valence-corrected chi connectivity index (χ2v) is 9.52. The van der Waals surface area contributed by atoms with Gasteiger partial charge in [0, 0.05) is 39.3 Å². The SMILES string of the molecule is CCOC(CCNC(=NC)NC1CCN(S(=O)(=O)C(F)(F)F)CC1)C1CCCC1. The molecule has 1 aliphatic heterocycles. The summed E-state index contributed by atoms with van der Waals surface area (Å²) in [7, 11) is -3.61. The fraction of sp³-hybridized carbons (Fsp3) is 0.944. The van der Waals surface area contributed by atoms with Crippen molar-refractivity contribution in [1.82, 2.24) is 14.9 Å². The maximum Gasteiger partial charge on any atom is 0.511 e. The van der Waals surface area contributed by atoms with E-state index in [4.69, 9.17) is 4.74 Å². The number of hydrogen-bond acceptors (Lipinski definition) is 4. The molecule has 170 valence electrons. The minimum atomic E-state index is -5.25. The maximum absolute atomic E-state index is 12.7. The van der Waals surface area contributed by atoms with Gasteiger partial charge in [0.2, 0.25) is 0 Å². The number of rotatable bonds is 8. The lowest BCUT2D eigenvalue weighted by Crippen LogP contribution is -2.51. The predicted molar refractivity (Wildman–Crippen MR) is 106 cm³/mol. The zero-order valence-corrected chi connectivity index (χ0v) is 18.0. The Morgan fingerprint density at radius 2 is 1.83 bits per heavy atom. The maximum atomic E-state index is 12.7. The van der Waals surface area contributed by atoms with Gasteiger partial charge in [0.1, 0.15) is 0 Å². The van der Waals surface area contributed by atoms with Crippen LogP contribution in [0.1, 0.15) is 51.9 Å². The largest absolute Gasteiger partial charge is 0.511 e. The Labute approximate surface area is 171 Å². The monoisotopic (exact) mass is 442 g/mol. The van der Waals surface area contributed by atoms with Gasteiger partial charge in [-0.3, -0.25) is 4.99 Å². The van der Waals surface area contributed by atoms with E-state index in [1.54, 1.807) is 7.05 Å². The van der Waals surface area contributed by atoms with Crippen molar-refractivity contribution in [2.24, 2.45) is 10.9 Å². The average molecular weight is 443 g/mol. The summed E-state index contributed by atoms with van der Waals surface area (Å²) in [6.45, 7) is 3.05. The van der Waals surface area contributed by atoms with Crippen molar-refractivity contribution in [1.29, 1.82) is 0 Å². The fourth-order valence-corrected chi connectivity index (χ4v) is 5.09. The molecule has 0 aromatic carbocycles. The first-order valence-electron chi connectivity index (χ1n) is 10.3. The van der Waals surface area contributed by atoms with Gasteiger partial charge in [-0.15, -0.1) is 0 Å². The van der Waals surface area contributed by atoms with Crippen LogP contribution in [0.5, 0.6) is 0 Å². The van der Waals surface area contributed by atoms with E-state index >= 15 is 0 Å². The number of aliphatic imine (C=N–C) groups is 1. The van der Waals surface area contributed by atoms with Gasteiger partial charge < -0.3 is 15.4 Å². The summed E-state index contributed by atoms with van der Waals surface area (Å²) in [4.78, 5) is 4.17. The van der Waals surface area contributed by atoms with Crippen LogP contribution in [-0.2, 0) is 14.8 Å². The van der Waals surface area contributed by atoms with Crippen molar-refractivity contribution in [3.8, 4) is 0 Å². The van der Waals surface area contributed by atoms with E-state index in [0.717, 1.165) is 6.42 Å². The van der Waals surface area contributed by atoms with Crippen molar-refractivity contribution in [3.05, 3.63) is 0 Å². The van der Waals surface area contributed by atoms with Crippen LogP contribution in [-0.4, -0.2) is 69.6 Å². The van der Waals surface area contributed by atoms with Gasteiger partial charge in [-0.2, -0.15) is 17.5 Å². The lowest BCUT2D eigenvalue weighted by Gasteiger charge is -2.32. The molecule has 0 radical (unpaired) electrons. The number of halogens is 3. The summed E-state index contributed by atoms with van der Waals surface area (Å²) in [6.07, 6.45) is 6.60. The molecule has 0 bridgehead atoms. The van der Waals surface area contributed by atoms with Crippen LogP contribution < -0.4 is 10.6 Å². The summed E-state index contributed by atoms with van der Waals surface area (Å²) in [6, 6.07) is -0.126. The van der Waals surface area contributed by atoms with Gasteiger partial charge in [0.15, 0.2) is 5.96 Å². The van der Waals surface area contributed by atoms with Gasteiger partial charge in [0.05, 0.1) is 6.10 Å². The number of nitrogens with one attached hydrogen (secondary N) is 2. The lowest BCUT2D eigenvalue weighted by atomic mass is 9.98. The Hall–Kier alpha value is -1.07. The van der Waals surface area contributed by atoms with Gasteiger partial charge >= 0.3 is 15.5 Å². The molecule has 1 heterocycles. The Balaban J connectivity index is 1.76. The highest BCUT2D eigenvalue weighted by Crippen LogP contribution is 2.31. The van der Waals surface area contributed by atoms with Crippen LogP contribution in [0.2, 0.25) is 0 Å². The van der Waals surface area contributed by atoms with Crippen molar-refractivity contribution < 1.29 is 26.3 Å². The van der Waals surface area contributed by atoms with Crippen molar-refractivity contribution in [2.75, 3.05) is 33.3 Å². The van der Waals surface area contributed by atoms with Crippen LogP contribution in [0.15, 0.2) is 4.99 Å². The molecule has 1 saturated heterocycles. The van der Waals surface area contributed by atoms with Gasteiger partial charge in [0.25, 0.3) is 0 Å². The summed E-state index contributed by atoms with van der Waals surface area (Å²) in [5, 5.41) is 6.43. The average Bonchev–Trinajstić information content (AvgIpc) is 3.20. The van der Waals surface area contributed by atoms with E-state index < -0.39 is 15.5 Å². The van der Waals surface area contributed by atoms with E-state index in [1.165, 1.54) is 25.7 Å². The highest BCUT2D eigenvalue weighted by Gasteiger charge is 2.50. The van der Waals surface area contributed by atoms with Crippen LogP contribution in [0.3, 0.4) is 0 Å². The molecular formula is C18H33F3N4O3S. The standard InChI is InChI=1S/C18H33F3N4O3S/c1-3-28-16(14-6-4-5-7-14)8-11-23-17(22-2)24-15-9-12-25(13-10-15)29(26,27)18(19,20)21/h14-16H,3-13H2,1-2H3,(H2,22,23,24). The molecule has 1 saturated carbocycles. The van der Waals surface area contributed by atoms with Crippen molar-refractivity contribution >= 4 is 16.0 Å². The molecular weight excluding hydrogens is 409 g/mol. The topological polar surface area (TPSA) is 83.0 Å². The van der Waals surface area contributed by atoms with Crippen LogP contribution in [0, 0.1) is 5.92 Å². The Morgan fingerprint density at radius 1 is 1.21 bits per heavy atom. The van der Waals surface area contributed by atoms with Gasteiger partial charge in [-0.1, -0.05) is 12.8 Å². The smallest absolute Gasteiger partial charge is 0.378 e. The first kappa shape index (κ1) is 24.2. The van der Waals surface area contributed by atoms with Gasteiger partial charge in [-0.05, 0) is 44.9 Å². The molecule has 11 heteroatoms. The number of alkyl halides is 3. The molecule has 0 aromatic rings. The minimum absolute atomic E-state index is 0.126. The van der Waals surface area contributed by atoms with Crippen LogP contribution in [0.4, 0.5) is 13.2 Å². The lowest BCUT2D eigenvalue weighted by molar-refractivity contribution is -0.0494. The second-order valence-electron chi connectivity index (χ2n) is 7.59. The molecule has 2 rings (SSSR count). The molecule has 7 nitrogen and oxygen atoms in total. The Kier molecular flexibility index (Phi) is 9.02. The second kappa shape index (κ2) is 10.8. The Bertz CT molecular complexity index is 629. The van der Waals surface area contributed by atoms with E-state index in [9.17, 15) is 21.6 Å². The number of guanidine groups is 1. The molecule has 29 heavy (non-hydrogen) atoms. The third kappa shape index (κ3) is 6.71.